The second-order valence-electron chi connectivity index (χ2n) is 7.64. The van der Waals surface area contributed by atoms with E-state index in [0.29, 0.717) is 11.6 Å². The number of carbonyl (C=O) groups excluding carboxylic acids is 1. The summed E-state index contributed by atoms with van der Waals surface area (Å²) in [5.41, 5.74) is 3.49. The number of aryl methyl sites for hydroxylation is 1. The standard InChI is InChI=1S/C23H26N2O/c1-16-6-4-11-22(24-16)23(26)25-19-14-12-18(13-15-19)21-10-5-8-17-7-2-3-9-20(17)21/h4-6,10-15,17,20-21H,2-3,7-9H2,1H3,(H,25,26). The first kappa shape index (κ1) is 17.0. The second-order valence-corrected chi connectivity index (χ2v) is 7.64. The molecule has 0 aliphatic heterocycles. The fourth-order valence-corrected chi connectivity index (χ4v) is 4.56. The minimum absolute atomic E-state index is 0.161. The van der Waals surface area contributed by atoms with Gasteiger partial charge < -0.3 is 5.32 Å². The Morgan fingerprint density at radius 2 is 1.88 bits per heavy atom. The molecule has 1 N–H and O–H groups in total. The number of carbonyl (C=O) groups is 1. The molecule has 1 aromatic carbocycles. The van der Waals surface area contributed by atoms with Gasteiger partial charge >= 0.3 is 0 Å². The average Bonchev–Trinajstić information content (AvgIpc) is 2.68. The Bertz CT molecular complexity index is 809. The molecule has 0 radical (unpaired) electrons. The molecule has 3 unspecified atom stereocenters. The van der Waals surface area contributed by atoms with Crippen molar-refractivity contribution in [3.63, 3.8) is 0 Å². The average molecular weight is 346 g/mol. The number of aromatic nitrogens is 1. The van der Waals surface area contributed by atoms with E-state index in [1.807, 2.05) is 31.2 Å². The van der Waals surface area contributed by atoms with Crippen LogP contribution in [0.5, 0.6) is 0 Å². The highest BCUT2D eigenvalue weighted by atomic mass is 16.1. The van der Waals surface area contributed by atoms with Gasteiger partial charge in [0.15, 0.2) is 0 Å². The maximum Gasteiger partial charge on any atom is 0.274 e. The third kappa shape index (κ3) is 3.57. The Morgan fingerprint density at radius 3 is 2.69 bits per heavy atom. The van der Waals surface area contributed by atoms with Gasteiger partial charge in [-0.3, -0.25) is 4.79 Å². The molecule has 1 saturated carbocycles. The van der Waals surface area contributed by atoms with Crippen LogP contribution in [0.3, 0.4) is 0 Å². The summed E-state index contributed by atoms with van der Waals surface area (Å²) in [7, 11) is 0. The van der Waals surface area contributed by atoms with Crippen LogP contribution in [0.2, 0.25) is 0 Å². The molecule has 26 heavy (non-hydrogen) atoms. The fourth-order valence-electron chi connectivity index (χ4n) is 4.56. The maximum absolute atomic E-state index is 12.4. The summed E-state index contributed by atoms with van der Waals surface area (Å²) in [6, 6.07) is 13.9. The van der Waals surface area contributed by atoms with E-state index in [9.17, 15) is 4.79 Å². The van der Waals surface area contributed by atoms with Crippen molar-refractivity contribution in [2.75, 3.05) is 5.32 Å². The molecule has 4 rings (SSSR count). The molecule has 1 fully saturated rings. The van der Waals surface area contributed by atoms with Crippen LogP contribution in [-0.2, 0) is 0 Å². The topological polar surface area (TPSA) is 42.0 Å². The molecule has 2 aliphatic rings. The Hall–Kier alpha value is -2.42. The SMILES string of the molecule is Cc1cccc(C(=O)Nc2ccc(C3C=CCC4CCCCC43)cc2)n1. The lowest BCUT2D eigenvalue weighted by Crippen LogP contribution is -2.27. The van der Waals surface area contributed by atoms with E-state index in [2.05, 4.69) is 34.6 Å². The van der Waals surface area contributed by atoms with Gasteiger partial charge in [0.1, 0.15) is 5.69 Å². The van der Waals surface area contributed by atoms with Crippen molar-refractivity contribution in [2.45, 2.75) is 44.9 Å². The number of anilines is 1. The van der Waals surface area contributed by atoms with Crippen LogP contribution < -0.4 is 5.32 Å². The second kappa shape index (κ2) is 7.45. The number of benzene rings is 1. The molecule has 0 spiro atoms. The molecule has 3 nitrogen and oxygen atoms in total. The Balaban J connectivity index is 1.47. The maximum atomic E-state index is 12.4. The minimum atomic E-state index is -0.161. The molecule has 134 valence electrons. The van der Waals surface area contributed by atoms with E-state index in [0.717, 1.165) is 23.2 Å². The van der Waals surface area contributed by atoms with Crippen LogP contribution in [-0.4, -0.2) is 10.9 Å². The molecule has 0 saturated heterocycles. The van der Waals surface area contributed by atoms with Crippen LogP contribution in [0.1, 0.15) is 59.8 Å². The van der Waals surface area contributed by atoms with Crippen molar-refractivity contribution in [2.24, 2.45) is 11.8 Å². The van der Waals surface area contributed by atoms with E-state index in [1.54, 1.807) is 6.07 Å². The van der Waals surface area contributed by atoms with Gasteiger partial charge in [0.2, 0.25) is 0 Å². The summed E-state index contributed by atoms with van der Waals surface area (Å²) in [5, 5.41) is 2.95. The first-order chi connectivity index (χ1) is 12.7. The van der Waals surface area contributed by atoms with Gasteiger partial charge in [-0.25, -0.2) is 4.98 Å². The summed E-state index contributed by atoms with van der Waals surface area (Å²) in [4.78, 5) is 16.6. The first-order valence-corrected chi connectivity index (χ1v) is 9.72. The number of rotatable bonds is 3. The minimum Gasteiger partial charge on any atom is -0.321 e. The van der Waals surface area contributed by atoms with Crippen LogP contribution in [0.25, 0.3) is 0 Å². The van der Waals surface area contributed by atoms with E-state index in [1.165, 1.54) is 37.7 Å². The van der Waals surface area contributed by atoms with Crippen molar-refractivity contribution in [1.29, 1.82) is 0 Å². The van der Waals surface area contributed by atoms with Crippen LogP contribution in [0, 0.1) is 18.8 Å². The predicted octanol–water partition coefficient (Wildman–Crippen LogP) is 5.49. The summed E-state index contributed by atoms with van der Waals surface area (Å²) < 4.78 is 0. The number of amides is 1. The third-order valence-electron chi connectivity index (χ3n) is 5.89. The molecule has 1 heterocycles. The smallest absolute Gasteiger partial charge is 0.274 e. The largest absolute Gasteiger partial charge is 0.321 e. The van der Waals surface area contributed by atoms with E-state index < -0.39 is 0 Å². The van der Waals surface area contributed by atoms with Gasteiger partial charge in [-0.1, -0.05) is 43.2 Å². The normalized spacial score (nSPS) is 24.7. The number of nitrogens with zero attached hydrogens (tertiary/aromatic N) is 1. The van der Waals surface area contributed by atoms with E-state index >= 15 is 0 Å². The van der Waals surface area contributed by atoms with Gasteiger partial charge in [0.25, 0.3) is 5.91 Å². The zero-order valence-corrected chi connectivity index (χ0v) is 15.3. The molecule has 1 aromatic heterocycles. The number of fused-ring (bicyclic) bond motifs is 1. The predicted molar refractivity (Wildman–Crippen MR) is 105 cm³/mol. The Kier molecular flexibility index (Phi) is 4.87. The van der Waals surface area contributed by atoms with Crippen molar-refractivity contribution in [3.05, 3.63) is 71.6 Å². The highest BCUT2D eigenvalue weighted by Crippen LogP contribution is 2.45. The molecule has 2 aromatic rings. The summed E-state index contributed by atoms with van der Waals surface area (Å²) in [6.45, 7) is 1.89. The monoisotopic (exact) mass is 346 g/mol. The third-order valence-corrected chi connectivity index (χ3v) is 5.89. The summed E-state index contributed by atoms with van der Waals surface area (Å²) >= 11 is 0. The highest BCUT2D eigenvalue weighted by Gasteiger charge is 2.32. The van der Waals surface area contributed by atoms with Crippen LogP contribution in [0.15, 0.2) is 54.6 Å². The van der Waals surface area contributed by atoms with Gasteiger partial charge in [-0.15, -0.1) is 0 Å². The molecule has 0 bridgehead atoms. The van der Waals surface area contributed by atoms with Crippen LogP contribution >= 0.6 is 0 Å². The number of hydrogen-bond donors (Lipinski definition) is 1. The lowest BCUT2D eigenvalue weighted by molar-refractivity contribution is 0.102. The lowest BCUT2D eigenvalue weighted by Gasteiger charge is -2.38. The number of nitrogens with one attached hydrogen (secondary N) is 1. The van der Waals surface area contributed by atoms with Crippen LogP contribution in [0.4, 0.5) is 5.69 Å². The Labute approximate surface area is 155 Å². The van der Waals surface area contributed by atoms with Crippen molar-refractivity contribution in [3.8, 4) is 0 Å². The Morgan fingerprint density at radius 1 is 1.08 bits per heavy atom. The molecule has 2 aliphatic carbocycles. The van der Waals surface area contributed by atoms with Gasteiger partial charge in [0, 0.05) is 17.3 Å². The zero-order chi connectivity index (χ0) is 17.9. The summed E-state index contributed by atoms with van der Waals surface area (Å²) in [6.07, 6.45) is 11.5. The quantitative estimate of drug-likeness (QED) is 0.746. The number of hydrogen-bond acceptors (Lipinski definition) is 2. The van der Waals surface area contributed by atoms with Gasteiger partial charge in [0.05, 0.1) is 0 Å². The number of pyridine rings is 1. The molecule has 1 amide bonds. The lowest BCUT2D eigenvalue weighted by atomic mass is 9.66. The zero-order valence-electron chi connectivity index (χ0n) is 15.3. The highest BCUT2D eigenvalue weighted by molar-refractivity contribution is 6.02. The molecule has 3 heteroatoms. The molecular formula is C23H26N2O. The fraction of sp³-hybridized carbons (Fsp3) is 0.391. The molecule has 3 atom stereocenters. The van der Waals surface area contributed by atoms with Crippen molar-refractivity contribution >= 4 is 11.6 Å². The van der Waals surface area contributed by atoms with Gasteiger partial charge in [-0.05, 0) is 67.9 Å². The van der Waals surface area contributed by atoms with E-state index in [-0.39, 0.29) is 5.91 Å². The van der Waals surface area contributed by atoms with Gasteiger partial charge in [-0.2, -0.15) is 0 Å². The summed E-state index contributed by atoms with van der Waals surface area (Å²) in [5.74, 6) is 2.00. The van der Waals surface area contributed by atoms with Crippen molar-refractivity contribution < 1.29 is 4.79 Å². The number of allylic oxidation sites excluding steroid dienone is 2. The van der Waals surface area contributed by atoms with E-state index in [4.69, 9.17) is 0 Å². The van der Waals surface area contributed by atoms with Crippen molar-refractivity contribution in [1.82, 2.24) is 4.98 Å². The molecular weight excluding hydrogens is 320 g/mol. The first-order valence-electron chi connectivity index (χ1n) is 9.72.